The second-order valence-corrected chi connectivity index (χ2v) is 3.85. The van der Waals surface area contributed by atoms with E-state index in [1.165, 1.54) is 16.7 Å². The van der Waals surface area contributed by atoms with Crippen molar-refractivity contribution < 1.29 is 23.1 Å². The Morgan fingerprint density at radius 2 is 2.00 bits per heavy atom. The van der Waals surface area contributed by atoms with E-state index in [1.54, 1.807) is 6.92 Å². The molecule has 1 heterocycles. The van der Waals surface area contributed by atoms with Crippen LogP contribution in [0, 0.1) is 0 Å². The summed E-state index contributed by atoms with van der Waals surface area (Å²) in [5, 5.41) is 9.47. The Morgan fingerprint density at radius 3 is 2.50 bits per heavy atom. The van der Waals surface area contributed by atoms with Crippen LogP contribution in [0.4, 0.5) is 13.2 Å². The SMILES string of the molecule is CCn1c(C(=O)O)cc2ccc(C(F)(F)F)cc21. The molecule has 18 heavy (non-hydrogen) atoms. The van der Waals surface area contributed by atoms with E-state index in [0.29, 0.717) is 11.9 Å². The van der Waals surface area contributed by atoms with E-state index in [2.05, 4.69) is 0 Å². The van der Waals surface area contributed by atoms with E-state index in [9.17, 15) is 18.0 Å². The Balaban J connectivity index is 2.72. The van der Waals surface area contributed by atoms with Crippen molar-refractivity contribution >= 4 is 16.9 Å². The predicted octanol–water partition coefficient (Wildman–Crippen LogP) is 3.38. The van der Waals surface area contributed by atoms with Gasteiger partial charge < -0.3 is 9.67 Å². The first-order valence-electron chi connectivity index (χ1n) is 5.28. The first kappa shape index (κ1) is 12.5. The number of halogens is 3. The van der Waals surface area contributed by atoms with Gasteiger partial charge in [0.1, 0.15) is 5.69 Å². The van der Waals surface area contributed by atoms with Crippen molar-refractivity contribution in [3.05, 3.63) is 35.5 Å². The number of benzene rings is 1. The van der Waals surface area contributed by atoms with Crippen LogP contribution in [0.15, 0.2) is 24.3 Å². The van der Waals surface area contributed by atoms with Crippen LogP contribution in [0.3, 0.4) is 0 Å². The van der Waals surface area contributed by atoms with Crippen LogP contribution in [0.1, 0.15) is 23.0 Å². The summed E-state index contributed by atoms with van der Waals surface area (Å²) in [4.78, 5) is 11.0. The molecule has 3 nitrogen and oxygen atoms in total. The average molecular weight is 257 g/mol. The Hall–Kier alpha value is -1.98. The second-order valence-electron chi connectivity index (χ2n) is 3.85. The Kier molecular flexibility index (Phi) is 2.80. The molecular formula is C12H10F3NO2. The molecule has 0 aliphatic carbocycles. The lowest BCUT2D eigenvalue weighted by molar-refractivity contribution is -0.137. The van der Waals surface area contributed by atoms with Crippen molar-refractivity contribution in [3.63, 3.8) is 0 Å². The molecule has 0 aliphatic heterocycles. The van der Waals surface area contributed by atoms with Gasteiger partial charge in [0.25, 0.3) is 0 Å². The topological polar surface area (TPSA) is 42.2 Å². The number of carboxylic acid groups (broad SMARTS) is 1. The summed E-state index contributed by atoms with van der Waals surface area (Å²) >= 11 is 0. The van der Waals surface area contributed by atoms with Crippen molar-refractivity contribution in [2.24, 2.45) is 0 Å². The average Bonchev–Trinajstić information content (AvgIpc) is 2.65. The number of hydrogen-bond donors (Lipinski definition) is 1. The van der Waals surface area contributed by atoms with Crippen molar-refractivity contribution in [1.29, 1.82) is 0 Å². The first-order valence-corrected chi connectivity index (χ1v) is 5.28. The van der Waals surface area contributed by atoms with E-state index in [-0.39, 0.29) is 11.2 Å². The molecule has 0 fully saturated rings. The van der Waals surface area contributed by atoms with Crippen LogP contribution in [-0.2, 0) is 12.7 Å². The number of rotatable bonds is 2. The number of carbonyl (C=O) groups is 1. The van der Waals surface area contributed by atoms with Crippen LogP contribution in [-0.4, -0.2) is 15.6 Å². The van der Waals surface area contributed by atoms with Crippen LogP contribution in [0.25, 0.3) is 10.9 Å². The van der Waals surface area contributed by atoms with Gasteiger partial charge in [-0.15, -0.1) is 0 Å². The summed E-state index contributed by atoms with van der Waals surface area (Å²) in [5.74, 6) is -1.15. The van der Waals surface area contributed by atoms with Gasteiger partial charge in [0.05, 0.1) is 5.56 Å². The van der Waals surface area contributed by atoms with E-state index < -0.39 is 17.7 Å². The van der Waals surface area contributed by atoms with E-state index in [4.69, 9.17) is 5.11 Å². The molecule has 0 atom stereocenters. The highest BCUT2D eigenvalue weighted by atomic mass is 19.4. The molecule has 0 unspecified atom stereocenters. The number of carboxylic acids is 1. The van der Waals surface area contributed by atoms with Crippen LogP contribution in [0.5, 0.6) is 0 Å². The van der Waals surface area contributed by atoms with Gasteiger partial charge in [-0.25, -0.2) is 4.79 Å². The highest BCUT2D eigenvalue weighted by Crippen LogP contribution is 2.32. The molecule has 1 aromatic carbocycles. The quantitative estimate of drug-likeness (QED) is 0.896. The minimum Gasteiger partial charge on any atom is -0.477 e. The summed E-state index contributed by atoms with van der Waals surface area (Å²) in [6.45, 7) is 1.98. The number of fused-ring (bicyclic) bond motifs is 1. The molecule has 1 aromatic heterocycles. The third-order valence-electron chi connectivity index (χ3n) is 2.77. The first-order chi connectivity index (χ1) is 8.34. The molecule has 0 saturated heterocycles. The van der Waals surface area contributed by atoms with Crippen molar-refractivity contribution in [3.8, 4) is 0 Å². The maximum absolute atomic E-state index is 12.6. The van der Waals surface area contributed by atoms with Crippen LogP contribution < -0.4 is 0 Å². The molecule has 96 valence electrons. The minimum absolute atomic E-state index is 0.00757. The fraction of sp³-hybridized carbons (Fsp3) is 0.250. The van der Waals surface area contributed by atoms with Crippen molar-refractivity contribution in [2.45, 2.75) is 19.6 Å². The fourth-order valence-corrected chi connectivity index (χ4v) is 1.95. The lowest BCUT2D eigenvalue weighted by Gasteiger charge is -2.08. The Labute approximate surface area is 100 Å². The third-order valence-corrected chi connectivity index (χ3v) is 2.77. The largest absolute Gasteiger partial charge is 0.477 e. The molecule has 0 saturated carbocycles. The zero-order valence-corrected chi connectivity index (χ0v) is 9.45. The van der Waals surface area contributed by atoms with E-state index >= 15 is 0 Å². The number of nitrogens with zero attached hydrogens (tertiary/aromatic N) is 1. The number of aryl methyl sites for hydroxylation is 1. The Bertz CT molecular complexity index is 614. The lowest BCUT2D eigenvalue weighted by Crippen LogP contribution is -2.08. The molecule has 0 aliphatic rings. The van der Waals surface area contributed by atoms with Gasteiger partial charge in [0.2, 0.25) is 0 Å². The normalized spacial score (nSPS) is 12.0. The van der Waals surface area contributed by atoms with E-state index in [1.807, 2.05) is 0 Å². The fourth-order valence-electron chi connectivity index (χ4n) is 1.95. The van der Waals surface area contributed by atoms with Gasteiger partial charge in [0, 0.05) is 17.4 Å². The van der Waals surface area contributed by atoms with Gasteiger partial charge in [-0.05, 0) is 25.1 Å². The third kappa shape index (κ3) is 1.94. The summed E-state index contributed by atoms with van der Waals surface area (Å²) in [5.41, 5.74) is -0.503. The number of aromatic nitrogens is 1. The highest BCUT2D eigenvalue weighted by Gasteiger charge is 2.31. The molecule has 1 N–H and O–H groups in total. The summed E-state index contributed by atoms with van der Waals surface area (Å²) in [6.07, 6.45) is -4.43. The standard InChI is InChI=1S/C12H10F3NO2/c1-2-16-9-6-8(12(13,14)15)4-3-7(9)5-10(16)11(17)18/h3-6H,2H2,1H3,(H,17,18). The summed E-state index contributed by atoms with van der Waals surface area (Å²) < 4.78 is 39.1. The molecule has 0 bridgehead atoms. The molecule has 0 amide bonds. The molecular weight excluding hydrogens is 247 g/mol. The maximum atomic E-state index is 12.6. The zero-order valence-electron chi connectivity index (χ0n) is 9.45. The zero-order chi connectivity index (χ0) is 13.5. The highest BCUT2D eigenvalue weighted by molar-refractivity contribution is 5.94. The summed E-state index contributed by atoms with van der Waals surface area (Å²) in [7, 11) is 0. The van der Waals surface area contributed by atoms with Gasteiger partial charge in [-0.1, -0.05) is 6.07 Å². The van der Waals surface area contributed by atoms with E-state index in [0.717, 1.165) is 12.1 Å². The molecule has 0 spiro atoms. The minimum atomic E-state index is -4.43. The van der Waals surface area contributed by atoms with Gasteiger partial charge in [0.15, 0.2) is 0 Å². The predicted molar refractivity (Wildman–Crippen MR) is 59.6 cm³/mol. The molecule has 0 radical (unpaired) electrons. The number of alkyl halides is 3. The van der Waals surface area contributed by atoms with Crippen molar-refractivity contribution in [2.75, 3.05) is 0 Å². The summed E-state index contributed by atoms with van der Waals surface area (Å²) in [6, 6.07) is 4.59. The van der Waals surface area contributed by atoms with Gasteiger partial charge >= 0.3 is 12.1 Å². The lowest BCUT2D eigenvalue weighted by atomic mass is 10.1. The maximum Gasteiger partial charge on any atom is 0.416 e. The van der Waals surface area contributed by atoms with Gasteiger partial charge in [-0.3, -0.25) is 0 Å². The molecule has 6 heteroatoms. The molecule has 2 rings (SSSR count). The number of hydrogen-bond acceptors (Lipinski definition) is 1. The molecule has 2 aromatic rings. The Morgan fingerprint density at radius 1 is 1.33 bits per heavy atom. The second kappa shape index (κ2) is 4.04. The van der Waals surface area contributed by atoms with Crippen LogP contribution in [0.2, 0.25) is 0 Å². The monoisotopic (exact) mass is 257 g/mol. The van der Waals surface area contributed by atoms with Crippen LogP contribution >= 0.6 is 0 Å². The number of aromatic carboxylic acids is 1. The van der Waals surface area contributed by atoms with Crippen molar-refractivity contribution in [1.82, 2.24) is 4.57 Å². The van der Waals surface area contributed by atoms with Gasteiger partial charge in [-0.2, -0.15) is 13.2 Å². The smallest absolute Gasteiger partial charge is 0.416 e.